The highest BCUT2D eigenvalue weighted by Gasteiger charge is 2.68. The fourth-order valence-electron chi connectivity index (χ4n) is 7.20. The highest BCUT2D eigenvalue weighted by molar-refractivity contribution is 8.15. The molecule has 1 aromatic heterocycles. The number of ether oxygens (including phenoxy) is 2. The molecule has 32 heavy (non-hydrogen) atoms. The average Bonchev–Trinajstić information content (AvgIpc) is 3.25. The van der Waals surface area contributed by atoms with Crippen LogP contribution in [-0.4, -0.2) is 34.7 Å². The summed E-state index contributed by atoms with van der Waals surface area (Å²) < 4.78 is 12.7. The van der Waals surface area contributed by atoms with Gasteiger partial charge in [-0.15, -0.1) is 0 Å². The monoisotopic (exact) mass is 473 g/mol. The van der Waals surface area contributed by atoms with Crippen LogP contribution in [0.15, 0.2) is 35.5 Å². The van der Waals surface area contributed by atoms with Crippen molar-refractivity contribution in [2.75, 3.05) is 0 Å². The number of rotatable bonds is 5. The summed E-state index contributed by atoms with van der Waals surface area (Å²) in [6.45, 7) is 11.3. The van der Waals surface area contributed by atoms with E-state index in [1.54, 1.807) is 0 Å². The first-order valence-electron chi connectivity index (χ1n) is 12.2. The number of esters is 1. The minimum atomic E-state index is -1.91. The molecule has 0 spiro atoms. The highest BCUT2D eigenvalue weighted by Crippen LogP contribution is 2.78. The van der Waals surface area contributed by atoms with Crippen LogP contribution in [0.25, 0.3) is 0 Å². The normalized spacial score (nSPS) is 43.1. The van der Waals surface area contributed by atoms with E-state index in [0.29, 0.717) is 17.8 Å². The maximum Gasteiger partial charge on any atom is 0.312 e. The van der Waals surface area contributed by atoms with E-state index in [0.717, 1.165) is 18.3 Å². The van der Waals surface area contributed by atoms with Gasteiger partial charge in [0.1, 0.15) is 0 Å². The molecule has 5 rings (SSSR count). The number of fused-ring (bicyclic) bond motifs is 5. The Morgan fingerprint density at radius 3 is 2.66 bits per heavy atom. The van der Waals surface area contributed by atoms with Gasteiger partial charge in [0.2, 0.25) is 6.29 Å². The number of carbonyl (C=O) groups is 1. The molecule has 1 aliphatic carbocycles. The highest BCUT2D eigenvalue weighted by atomic mass is 32.4. The Morgan fingerprint density at radius 2 is 1.97 bits per heavy atom. The quantitative estimate of drug-likeness (QED) is 0.309. The largest absolute Gasteiger partial charge is 0.435 e. The van der Waals surface area contributed by atoms with Crippen molar-refractivity contribution in [2.24, 2.45) is 29.6 Å². The summed E-state index contributed by atoms with van der Waals surface area (Å²) in [5, 5.41) is 0. The molecule has 0 radical (unpaired) electrons. The fraction of sp³-hybridized carbons (Fsp3) is 0.692. The van der Waals surface area contributed by atoms with Crippen molar-refractivity contribution in [1.82, 2.24) is 4.98 Å². The molecular weight excluding hydrogens is 437 g/mol. The lowest BCUT2D eigenvalue weighted by Gasteiger charge is -2.39. The lowest BCUT2D eigenvalue weighted by molar-refractivity contribution is -0.195. The van der Waals surface area contributed by atoms with E-state index in [4.69, 9.17) is 21.3 Å². The van der Waals surface area contributed by atoms with Gasteiger partial charge in [0, 0.05) is 35.3 Å². The van der Waals surface area contributed by atoms with Crippen LogP contribution in [0, 0.1) is 29.6 Å². The van der Waals surface area contributed by atoms with E-state index in [1.807, 2.05) is 18.3 Å². The van der Waals surface area contributed by atoms with Gasteiger partial charge in [-0.3, -0.25) is 9.78 Å². The molecular formula is C26H36NO3PS. The molecule has 1 aromatic rings. The second kappa shape index (κ2) is 8.32. The smallest absolute Gasteiger partial charge is 0.312 e. The first-order valence-corrected chi connectivity index (χ1v) is 15.4. The zero-order valence-corrected chi connectivity index (χ0v) is 21.6. The van der Waals surface area contributed by atoms with Crippen LogP contribution in [-0.2, 0) is 32.2 Å². The van der Waals surface area contributed by atoms with Crippen molar-refractivity contribution in [2.45, 2.75) is 83.8 Å². The molecule has 4 nitrogen and oxygen atoms in total. The van der Waals surface area contributed by atoms with E-state index < -0.39 is 12.3 Å². The molecule has 2 saturated heterocycles. The van der Waals surface area contributed by atoms with Crippen LogP contribution in [0.2, 0.25) is 0 Å². The van der Waals surface area contributed by atoms with Gasteiger partial charge in [-0.1, -0.05) is 56.2 Å². The maximum atomic E-state index is 13.2. The summed E-state index contributed by atoms with van der Waals surface area (Å²) in [6, 6.07) is 4.15. The molecule has 0 N–H and O–H groups in total. The third-order valence-electron chi connectivity index (χ3n) is 8.79. The second-order valence-electron chi connectivity index (χ2n) is 11.0. The number of allylic oxidation sites excluding steroid dienone is 2. The topological polar surface area (TPSA) is 48.4 Å². The summed E-state index contributed by atoms with van der Waals surface area (Å²) >= 11 is 6.53. The molecule has 4 aliphatic rings. The van der Waals surface area contributed by atoms with Gasteiger partial charge in [-0.2, -0.15) is 0 Å². The molecule has 1 saturated carbocycles. The number of hydrogen-bond donors (Lipinski definition) is 0. The van der Waals surface area contributed by atoms with Crippen LogP contribution in [0.3, 0.4) is 0 Å². The predicted molar refractivity (Wildman–Crippen MR) is 131 cm³/mol. The number of aromatic nitrogens is 1. The molecule has 0 amide bonds. The number of carbonyl (C=O) groups excluding carboxylic acids is 1. The molecule has 2 bridgehead atoms. The van der Waals surface area contributed by atoms with E-state index in [2.05, 4.69) is 45.7 Å². The van der Waals surface area contributed by atoms with Crippen LogP contribution >= 0.6 is 6.04 Å². The van der Waals surface area contributed by atoms with Crippen LogP contribution in [0.1, 0.15) is 59.6 Å². The number of pyridine rings is 1. The van der Waals surface area contributed by atoms with Gasteiger partial charge in [0.25, 0.3) is 0 Å². The molecule has 6 heteroatoms. The van der Waals surface area contributed by atoms with Crippen molar-refractivity contribution in [3.63, 3.8) is 0 Å². The van der Waals surface area contributed by atoms with Crippen LogP contribution < -0.4 is 0 Å². The Morgan fingerprint density at radius 1 is 1.22 bits per heavy atom. The zero-order chi connectivity index (χ0) is 22.8. The Hall–Kier alpha value is -1.03. The van der Waals surface area contributed by atoms with Gasteiger partial charge in [-0.25, -0.2) is 0 Å². The Bertz CT molecular complexity index is 977. The van der Waals surface area contributed by atoms with Crippen LogP contribution in [0.4, 0.5) is 0 Å². The molecule has 174 valence electrons. The Kier molecular flexibility index (Phi) is 5.92. The van der Waals surface area contributed by atoms with Gasteiger partial charge in [-0.05, 0) is 62.6 Å². The summed E-state index contributed by atoms with van der Waals surface area (Å²) in [5.74, 6) is 1.59. The first kappa shape index (κ1) is 22.7. The van der Waals surface area contributed by atoms with Crippen molar-refractivity contribution in [1.29, 1.82) is 0 Å². The Balaban J connectivity index is 1.46. The third kappa shape index (κ3) is 3.46. The number of nitrogens with zero attached hydrogens (tertiary/aromatic N) is 1. The van der Waals surface area contributed by atoms with Gasteiger partial charge in [0.15, 0.2) is 0 Å². The van der Waals surface area contributed by atoms with Gasteiger partial charge < -0.3 is 9.47 Å². The van der Waals surface area contributed by atoms with Crippen molar-refractivity contribution < 1.29 is 14.3 Å². The van der Waals surface area contributed by atoms with Crippen molar-refractivity contribution >= 4 is 23.8 Å². The molecule has 9 atom stereocenters. The Labute approximate surface area is 197 Å². The summed E-state index contributed by atoms with van der Waals surface area (Å²) in [7, 11) is 0. The average molecular weight is 474 g/mol. The minimum Gasteiger partial charge on any atom is -0.435 e. The lowest BCUT2D eigenvalue weighted by Crippen LogP contribution is -2.41. The molecule has 3 fully saturated rings. The molecule has 3 unspecified atom stereocenters. The van der Waals surface area contributed by atoms with Gasteiger partial charge in [0.05, 0.1) is 12.0 Å². The summed E-state index contributed by atoms with van der Waals surface area (Å²) in [4.78, 5) is 17.8. The van der Waals surface area contributed by atoms with E-state index in [9.17, 15) is 4.79 Å². The lowest BCUT2D eigenvalue weighted by atomic mass is 9.75. The van der Waals surface area contributed by atoms with E-state index >= 15 is 0 Å². The number of cyclic esters (lactones) is 1. The molecule has 0 aromatic carbocycles. The molecule has 3 aliphatic heterocycles. The SMILES string of the molecule is CC1=C(C)[C@H]2C3C(=O)O[C@@H](O[C@@H]4C[C@H](C)CC[C@H]4C(C)C)C3[C@@H]1P2(=S)Cc1ccccn1. The third-order valence-corrected chi connectivity index (χ3v) is 14.7. The fourth-order valence-corrected chi connectivity index (χ4v) is 14.3. The van der Waals surface area contributed by atoms with E-state index in [1.165, 1.54) is 24.0 Å². The number of hydrogen-bond acceptors (Lipinski definition) is 5. The maximum absolute atomic E-state index is 13.2. The summed E-state index contributed by atoms with van der Waals surface area (Å²) in [6.07, 6.45) is 5.88. The standard InChI is InChI=1S/C26H36NO3PS/c1-14(2)19-10-9-15(3)12-20(19)29-26-22-21(25(28)30-26)23-16(4)17(5)24(22)31(23,32)13-18-8-6-7-11-27-18/h6-8,11,14-15,19-24,26H,9-10,12-13H2,1-5H3/t15-,19+,20-,21?,22?,23+,24-,26-,31?/m1/s1. The van der Waals surface area contributed by atoms with Crippen molar-refractivity contribution in [3.8, 4) is 0 Å². The predicted octanol–water partition coefficient (Wildman–Crippen LogP) is 5.75. The van der Waals surface area contributed by atoms with E-state index in [-0.39, 0.29) is 35.2 Å². The second-order valence-corrected chi connectivity index (χ2v) is 16.2. The van der Waals surface area contributed by atoms with Crippen LogP contribution in [0.5, 0.6) is 0 Å². The van der Waals surface area contributed by atoms with Crippen molar-refractivity contribution in [3.05, 3.63) is 41.2 Å². The minimum absolute atomic E-state index is 0.0655. The van der Waals surface area contributed by atoms with Gasteiger partial charge >= 0.3 is 5.97 Å². The molecule has 4 heterocycles. The summed E-state index contributed by atoms with van der Waals surface area (Å²) in [5.41, 5.74) is 4.14. The first-order chi connectivity index (χ1) is 15.2. The zero-order valence-electron chi connectivity index (χ0n) is 19.9.